The quantitative estimate of drug-likeness (QED) is 0.247. The van der Waals surface area contributed by atoms with Crippen LogP contribution in [0.2, 0.25) is 0 Å². The molecule has 2 aromatic heterocycles. The molecule has 0 fully saturated rings. The molecule has 0 spiro atoms. The van der Waals surface area contributed by atoms with Crippen LogP contribution in [0.5, 0.6) is 11.5 Å². The van der Waals surface area contributed by atoms with Crippen LogP contribution in [0.1, 0.15) is 0 Å². The normalized spacial score (nSPS) is 11.8. The second-order valence-electron chi connectivity index (χ2n) is 9.13. The van der Waals surface area contributed by atoms with Gasteiger partial charge in [-0.15, -0.1) is 0 Å². The summed E-state index contributed by atoms with van der Waals surface area (Å²) in [6.07, 6.45) is 7.57. The smallest absolute Gasteiger partial charge is 0.151 e. The van der Waals surface area contributed by atoms with Gasteiger partial charge in [0.25, 0.3) is 0 Å². The molecule has 7 rings (SSSR count). The van der Waals surface area contributed by atoms with Crippen molar-refractivity contribution in [1.29, 1.82) is 0 Å². The van der Waals surface area contributed by atoms with Crippen molar-refractivity contribution < 1.29 is 4.74 Å². The Labute approximate surface area is 221 Å². The Bertz CT molecular complexity index is 1690. The minimum Gasteiger partial charge on any atom is -0.453 e. The molecule has 0 aliphatic carbocycles. The lowest BCUT2D eigenvalue weighted by molar-refractivity contribution is 0.477. The molecule has 0 radical (unpaired) electrons. The van der Waals surface area contributed by atoms with Gasteiger partial charge in [0.2, 0.25) is 0 Å². The summed E-state index contributed by atoms with van der Waals surface area (Å²) < 4.78 is 6.29. The maximum atomic E-state index is 6.29. The monoisotopic (exact) mass is 489 g/mol. The van der Waals surface area contributed by atoms with Gasteiger partial charge in [0.15, 0.2) is 11.5 Å². The molecule has 3 heterocycles. The van der Waals surface area contributed by atoms with E-state index in [4.69, 9.17) is 9.72 Å². The molecule has 1 aliphatic rings. The number of hydrogen-bond acceptors (Lipinski definition) is 4. The fourth-order valence-corrected chi connectivity index (χ4v) is 5.10. The van der Waals surface area contributed by atoms with Crippen LogP contribution in [0.4, 0.5) is 17.1 Å². The minimum absolute atomic E-state index is 0.815. The van der Waals surface area contributed by atoms with Gasteiger partial charge in [-0.25, -0.2) is 0 Å². The summed E-state index contributed by atoms with van der Waals surface area (Å²) in [5, 5.41) is 0. The molecule has 4 heteroatoms. The van der Waals surface area contributed by atoms with E-state index in [1.165, 1.54) is 0 Å². The Morgan fingerprint density at radius 2 is 1.03 bits per heavy atom. The van der Waals surface area contributed by atoms with E-state index in [2.05, 4.69) is 70.5 Å². The summed E-state index contributed by atoms with van der Waals surface area (Å²) in [5.74, 6) is 1.63. The van der Waals surface area contributed by atoms with Gasteiger partial charge in [0.05, 0.1) is 23.3 Å². The summed E-state index contributed by atoms with van der Waals surface area (Å²) in [6, 6.07) is 39.5. The molecule has 4 aromatic carbocycles. The van der Waals surface area contributed by atoms with Crippen molar-refractivity contribution in [2.24, 2.45) is 0 Å². The van der Waals surface area contributed by atoms with E-state index in [0.717, 1.165) is 61.9 Å². The molecule has 38 heavy (non-hydrogen) atoms. The van der Waals surface area contributed by atoms with Gasteiger partial charge in [0, 0.05) is 29.7 Å². The van der Waals surface area contributed by atoms with Crippen molar-refractivity contribution in [3.05, 3.63) is 140 Å². The lowest BCUT2D eigenvalue weighted by atomic mass is 9.92. The number of para-hydroxylation sites is 4. The van der Waals surface area contributed by atoms with Gasteiger partial charge >= 0.3 is 0 Å². The summed E-state index contributed by atoms with van der Waals surface area (Å²) in [7, 11) is 0. The molecule has 0 atom stereocenters. The van der Waals surface area contributed by atoms with Crippen molar-refractivity contribution in [2.75, 3.05) is 4.90 Å². The van der Waals surface area contributed by atoms with Crippen LogP contribution in [0, 0.1) is 0 Å². The third-order valence-corrected chi connectivity index (χ3v) is 6.87. The second kappa shape index (κ2) is 9.34. The van der Waals surface area contributed by atoms with Gasteiger partial charge in [-0.2, -0.15) is 0 Å². The van der Waals surface area contributed by atoms with Gasteiger partial charge in [-0.3, -0.25) is 9.97 Å². The van der Waals surface area contributed by atoms with E-state index in [1.54, 1.807) is 0 Å². The van der Waals surface area contributed by atoms with Crippen LogP contribution in [0.15, 0.2) is 140 Å². The Morgan fingerprint density at radius 3 is 1.71 bits per heavy atom. The molecule has 0 saturated heterocycles. The third-order valence-electron chi connectivity index (χ3n) is 6.87. The molecule has 6 aromatic rings. The first-order chi connectivity index (χ1) is 18.9. The Morgan fingerprint density at radius 1 is 0.447 bits per heavy atom. The second-order valence-corrected chi connectivity index (χ2v) is 9.13. The largest absolute Gasteiger partial charge is 0.453 e. The first kappa shape index (κ1) is 22.0. The number of ether oxygens (including phenoxy) is 1. The average Bonchev–Trinajstić information content (AvgIpc) is 3.00. The summed E-state index contributed by atoms with van der Waals surface area (Å²) >= 11 is 0. The number of rotatable bonds is 4. The molecule has 0 saturated carbocycles. The van der Waals surface area contributed by atoms with Crippen LogP contribution >= 0.6 is 0 Å². The number of nitrogens with zero attached hydrogens (tertiary/aromatic N) is 3. The van der Waals surface area contributed by atoms with E-state index >= 15 is 0 Å². The number of anilines is 3. The minimum atomic E-state index is 0.815. The van der Waals surface area contributed by atoms with Crippen molar-refractivity contribution in [1.82, 2.24) is 9.97 Å². The highest BCUT2D eigenvalue weighted by Crippen LogP contribution is 2.53. The van der Waals surface area contributed by atoms with Crippen LogP contribution in [-0.4, -0.2) is 9.97 Å². The van der Waals surface area contributed by atoms with E-state index < -0.39 is 0 Å². The van der Waals surface area contributed by atoms with Gasteiger partial charge in [0.1, 0.15) is 0 Å². The highest BCUT2D eigenvalue weighted by atomic mass is 16.5. The lowest BCUT2D eigenvalue weighted by Gasteiger charge is -2.34. The topological polar surface area (TPSA) is 38.2 Å². The fraction of sp³-hybridized carbons (Fsp3) is 0. The zero-order chi connectivity index (χ0) is 25.3. The van der Waals surface area contributed by atoms with Gasteiger partial charge < -0.3 is 9.64 Å². The predicted octanol–water partition coefficient (Wildman–Crippen LogP) is 9.05. The summed E-state index contributed by atoms with van der Waals surface area (Å²) in [4.78, 5) is 11.2. The highest BCUT2D eigenvalue weighted by molar-refractivity contribution is 5.98. The van der Waals surface area contributed by atoms with Gasteiger partial charge in [-0.1, -0.05) is 78.9 Å². The summed E-state index contributed by atoms with van der Waals surface area (Å²) in [6.45, 7) is 0. The van der Waals surface area contributed by atoms with Crippen molar-refractivity contribution in [2.45, 2.75) is 0 Å². The van der Waals surface area contributed by atoms with E-state index in [9.17, 15) is 0 Å². The van der Waals surface area contributed by atoms with E-state index in [1.807, 2.05) is 79.4 Å². The number of benzene rings is 4. The molecule has 1 aliphatic heterocycles. The fourth-order valence-electron chi connectivity index (χ4n) is 5.10. The zero-order valence-corrected chi connectivity index (χ0v) is 20.5. The molecule has 180 valence electrons. The molecule has 0 unspecified atom stereocenters. The van der Waals surface area contributed by atoms with Crippen molar-refractivity contribution in [3.63, 3.8) is 0 Å². The number of fused-ring (bicyclic) bond motifs is 2. The molecular formula is C34H23N3O. The first-order valence-electron chi connectivity index (χ1n) is 12.6. The molecule has 0 amide bonds. The van der Waals surface area contributed by atoms with Crippen LogP contribution in [0.3, 0.4) is 0 Å². The standard InChI is InChI=1S/C34H23N3O/c1-2-8-26(9-3-1)28-22-36-23-31(34(28)27-16-14-24(15-17-27)25-18-20-35-21-19-25)37-29-10-4-6-12-32(29)38-33-13-7-5-11-30(33)37/h1-23H. The molecule has 0 N–H and O–H groups in total. The zero-order valence-electron chi connectivity index (χ0n) is 20.5. The summed E-state index contributed by atoms with van der Waals surface area (Å²) in [5.41, 5.74) is 9.65. The number of aromatic nitrogens is 2. The Hall–Kier alpha value is -5.22. The maximum Gasteiger partial charge on any atom is 0.151 e. The van der Waals surface area contributed by atoms with Crippen LogP contribution in [0.25, 0.3) is 33.4 Å². The molecular weight excluding hydrogens is 466 g/mol. The van der Waals surface area contributed by atoms with Crippen LogP contribution < -0.4 is 9.64 Å². The molecule has 4 nitrogen and oxygen atoms in total. The van der Waals surface area contributed by atoms with Crippen molar-refractivity contribution in [3.8, 4) is 44.9 Å². The predicted molar refractivity (Wildman–Crippen MR) is 153 cm³/mol. The Balaban J connectivity index is 1.48. The Kier molecular flexibility index (Phi) is 5.41. The van der Waals surface area contributed by atoms with Gasteiger partial charge in [-0.05, 0) is 58.7 Å². The average molecular weight is 490 g/mol. The lowest BCUT2D eigenvalue weighted by Crippen LogP contribution is -2.17. The van der Waals surface area contributed by atoms with Crippen molar-refractivity contribution >= 4 is 17.1 Å². The SMILES string of the molecule is c1ccc(-c2cncc(N3c4ccccc4Oc4ccccc43)c2-c2ccc(-c3ccncc3)cc2)cc1. The number of pyridine rings is 2. The van der Waals surface area contributed by atoms with E-state index in [0.29, 0.717) is 0 Å². The van der Waals surface area contributed by atoms with Crippen LogP contribution in [-0.2, 0) is 0 Å². The maximum absolute atomic E-state index is 6.29. The number of hydrogen-bond donors (Lipinski definition) is 0. The highest BCUT2D eigenvalue weighted by Gasteiger charge is 2.28. The molecule has 0 bridgehead atoms. The first-order valence-corrected chi connectivity index (χ1v) is 12.6. The van der Waals surface area contributed by atoms with E-state index in [-0.39, 0.29) is 0 Å². The third kappa shape index (κ3) is 3.80.